The molecule has 0 aliphatic rings. The smallest absolute Gasteiger partial charge is 0.323 e. The third-order valence-corrected chi connectivity index (χ3v) is 4.86. The van der Waals surface area contributed by atoms with Crippen molar-refractivity contribution in [1.82, 2.24) is 15.3 Å². The standard InChI is InChI=1S/C22H23N3O5/c26-13-17(21(28)29)11-18(24-20(27)19-12-23-22(30)25-19)10-14-6-8-16(9-7-14)15-4-2-1-3-5-15/h1-9,12,17-18,26H,10-11,13H2,(H,24,27)(H,28,29)(H2,23,25,30)/t17?,18-/m1/s1. The fourth-order valence-corrected chi connectivity index (χ4v) is 3.26. The number of carbonyl (C=O) groups excluding carboxylic acids is 1. The Morgan fingerprint density at radius 1 is 1.00 bits per heavy atom. The second-order valence-electron chi connectivity index (χ2n) is 7.05. The summed E-state index contributed by atoms with van der Waals surface area (Å²) in [6, 6.07) is 17.1. The molecule has 1 amide bonds. The minimum Gasteiger partial charge on any atom is -0.481 e. The SMILES string of the molecule is O=C(N[C@H](Cc1ccc(-c2ccccc2)cc1)CC(CO)C(=O)O)c1c[nH]c(=O)[nH]1. The van der Waals surface area contributed by atoms with Crippen LogP contribution >= 0.6 is 0 Å². The van der Waals surface area contributed by atoms with Gasteiger partial charge in [0.05, 0.1) is 12.5 Å². The monoisotopic (exact) mass is 409 g/mol. The number of amides is 1. The molecule has 0 fully saturated rings. The Balaban J connectivity index is 1.76. The summed E-state index contributed by atoms with van der Waals surface area (Å²) in [7, 11) is 0. The average molecular weight is 409 g/mol. The maximum absolute atomic E-state index is 12.4. The number of rotatable bonds is 9. The zero-order valence-electron chi connectivity index (χ0n) is 16.2. The molecule has 2 atom stereocenters. The van der Waals surface area contributed by atoms with Gasteiger partial charge in [-0.05, 0) is 29.5 Å². The van der Waals surface area contributed by atoms with Gasteiger partial charge in [-0.25, -0.2) is 4.79 Å². The summed E-state index contributed by atoms with van der Waals surface area (Å²) < 4.78 is 0. The van der Waals surface area contributed by atoms with Crippen LogP contribution in [0.5, 0.6) is 0 Å². The minimum absolute atomic E-state index is 0.0483. The van der Waals surface area contributed by atoms with Gasteiger partial charge in [-0.2, -0.15) is 0 Å². The van der Waals surface area contributed by atoms with Gasteiger partial charge in [0.15, 0.2) is 0 Å². The van der Waals surface area contributed by atoms with E-state index in [9.17, 15) is 24.6 Å². The van der Waals surface area contributed by atoms with Crippen LogP contribution < -0.4 is 11.0 Å². The van der Waals surface area contributed by atoms with E-state index in [0.29, 0.717) is 6.42 Å². The number of aliphatic carboxylic acids is 1. The van der Waals surface area contributed by atoms with Crippen LogP contribution in [0.2, 0.25) is 0 Å². The number of carboxylic acid groups (broad SMARTS) is 1. The lowest BCUT2D eigenvalue weighted by atomic mass is 9.94. The molecule has 8 heteroatoms. The quantitative estimate of drug-likeness (QED) is 0.367. The summed E-state index contributed by atoms with van der Waals surface area (Å²) in [4.78, 5) is 39.7. The molecule has 3 aromatic rings. The third-order valence-electron chi connectivity index (χ3n) is 4.86. The van der Waals surface area contributed by atoms with Crippen molar-refractivity contribution in [2.75, 3.05) is 6.61 Å². The average Bonchev–Trinajstić information content (AvgIpc) is 3.19. The maximum atomic E-state index is 12.4. The summed E-state index contributed by atoms with van der Waals surface area (Å²) in [5.41, 5.74) is 2.58. The number of aromatic amines is 2. The highest BCUT2D eigenvalue weighted by molar-refractivity contribution is 5.92. The first kappa shape index (κ1) is 21.1. The van der Waals surface area contributed by atoms with E-state index in [-0.39, 0.29) is 12.1 Å². The van der Waals surface area contributed by atoms with Crippen LogP contribution in [0, 0.1) is 5.92 Å². The van der Waals surface area contributed by atoms with Crippen molar-refractivity contribution >= 4 is 11.9 Å². The van der Waals surface area contributed by atoms with E-state index in [0.717, 1.165) is 16.7 Å². The Bertz CT molecular complexity index is 1040. The first-order chi connectivity index (χ1) is 14.5. The van der Waals surface area contributed by atoms with Crippen LogP contribution in [0.4, 0.5) is 0 Å². The lowest BCUT2D eigenvalue weighted by Crippen LogP contribution is -2.40. The van der Waals surface area contributed by atoms with Crippen molar-refractivity contribution < 1.29 is 19.8 Å². The van der Waals surface area contributed by atoms with E-state index in [1.54, 1.807) is 0 Å². The number of nitrogens with one attached hydrogen (secondary N) is 3. The van der Waals surface area contributed by atoms with Gasteiger partial charge < -0.3 is 25.5 Å². The van der Waals surface area contributed by atoms with E-state index >= 15 is 0 Å². The number of aliphatic hydroxyl groups excluding tert-OH is 1. The van der Waals surface area contributed by atoms with Crippen LogP contribution in [0.25, 0.3) is 11.1 Å². The highest BCUT2D eigenvalue weighted by Gasteiger charge is 2.24. The zero-order chi connectivity index (χ0) is 21.5. The Morgan fingerprint density at radius 3 is 2.23 bits per heavy atom. The minimum atomic E-state index is -1.13. The van der Waals surface area contributed by atoms with E-state index in [4.69, 9.17) is 0 Å². The molecule has 1 aromatic heterocycles. The van der Waals surface area contributed by atoms with Crippen LogP contribution in [0.3, 0.4) is 0 Å². The molecule has 0 radical (unpaired) electrons. The van der Waals surface area contributed by atoms with Gasteiger partial charge in [-0.3, -0.25) is 9.59 Å². The molecule has 0 spiro atoms. The lowest BCUT2D eigenvalue weighted by Gasteiger charge is -2.21. The van der Waals surface area contributed by atoms with Crippen LogP contribution in [-0.2, 0) is 11.2 Å². The summed E-state index contributed by atoms with van der Waals surface area (Å²) in [5, 5.41) is 21.4. The fourth-order valence-electron chi connectivity index (χ4n) is 3.26. The molecule has 2 aromatic carbocycles. The second-order valence-corrected chi connectivity index (χ2v) is 7.05. The first-order valence-corrected chi connectivity index (χ1v) is 9.53. The van der Waals surface area contributed by atoms with Crippen molar-refractivity contribution in [3.05, 3.63) is 82.5 Å². The summed E-state index contributed by atoms with van der Waals surface area (Å²) in [6.45, 7) is -0.532. The van der Waals surface area contributed by atoms with Gasteiger partial charge in [0.25, 0.3) is 5.91 Å². The molecule has 0 saturated heterocycles. The van der Waals surface area contributed by atoms with Gasteiger partial charge in [-0.1, -0.05) is 54.6 Å². The number of carbonyl (C=O) groups is 2. The predicted molar refractivity (Wildman–Crippen MR) is 111 cm³/mol. The number of carboxylic acids is 1. The number of aromatic nitrogens is 2. The highest BCUT2D eigenvalue weighted by atomic mass is 16.4. The van der Waals surface area contributed by atoms with Crippen molar-refractivity contribution in [3.63, 3.8) is 0 Å². The molecule has 1 heterocycles. The molecular weight excluding hydrogens is 386 g/mol. The third kappa shape index (κ3) is 5.45. The molecule has 0 aliphatic heterocycles. The van der Waals surface area contributed by atoms with Crippen molar-refractivity contribution in [3.8, 4) is 11.1 Å². The first-order valence-electron chi connectivity index (χ1n) is 9.53. The molecule has 1 unspecified atom stereocenters. The van der Waals surface area contributed by atoms with Crippen LogP contribution in [-0.4, -0.2) is 44.7 Å². The molecule has 156 valence electrons. The van der Waals surface area contributed by atoms with Gasteiger partial charge in [0.2, 0.25) is 0 Å². The van der Waals surface area contributed by atoms with Crippen LogP contribution in [0.15, 0.2) is 65.6 Å². The van der Waals surface area contributed by atoms with E-state index in [2.05, 4.69) is 15.3 Å². The number of hydrogen-bond donors (Lipinski definition) is 5. The van der Waals surface area contributed by atoms with Gasteiger partial charge in [0.1, 0.15) is 5.69 Å². The van der Waals surface area contributed by atoms with Gasteiger partial charge in [-0.15, -0.1) is 0 Å². The molecule has 30 heavy (non-hydrogen) atoms. The highest BCUT2D eigenvalue weighted by Crippen LogP contribution is 2.20. The molecule has 3 rings (SSSR count). The molecule has 0 aliphatic carbocycles. The summed E-state index contributed by atoms with van der Waals surface area (Å²) in [5.74, 6) is -2.67. The summed E-state index contributed by atoms with van der Waals surface area (Å²) in [6.07, 6.45) is 1.68. The number of H-pyrrole nitrogens is 2. The molecular formula is C22H23N3O5. The fraction of sp³-hybridized carbons (Fsp3) is 0.227. The number of aliphatic hydroxyl groups is 1. The van der Waals surface area contributed by atoms with Crippen molar-refractivity contribution in [2.24, 2.45) is 5.92 Å². The summed E-state index contributed by atoms with van der Waals surface area (Å²) >= 11 is 0. The maximum Gasteiger partial charge on any atom is 0.323 e. The number of imidazole rings is 1. The van der Waals surface area contributed by atoms with E-state index < -0.39 is 36.1 Å². The topological polar surface area (TPSA) is 135 Å². The predicted octanol–water partition coefficient (Wildman–Crippen LogP) is 1.79. The Kier molecular flexibility index (Phi) is 6.82. The van der Waals surface area contributed by atoms with Crippen LogP contribution in [0.1, 0.15) is 22.5 Å². The Labute approximate surface area is 172 Å². The van der Waals surface area contributed by atoms with E-state index in [1.165, 1.54) is 6.20 Å². The van der Waals surface area contributed by atoms with Crippen molar-refractivity contribution in [2.45, 2.75) is 18.9 Å². The molecule has 0 saturated carbocycles. The normalized spacial score (nSPS) is 12.8. The zero-order valence-corrected chi connectivity index (χ0v) is 16.2. The number of benzene rings is 2. The molecule has 0 bridgehead atoms. The van der Waals surface area contributed by atoms with Gasteiger partial charge in [0, 0.05) is 12.2 Å². The Hall–Kier alpha value is -3.65. The second kappa shape index (κ2) is 9.71. The number of hydrogen-bond acceptors (Lipinski definition) is 4. The largest absolute Gasteiger partial charge is 0.481 e. The van der Waals surface area contributed by atoms with Gasteiger partial charge >= 0.3 is 11.7 Å². The Morgan fingerprint density at radius 2 is 1.67 bits per heavy atom. The van der Waals surface area contributed by atoms with E-state index in [1.807, 2.05) is 54.6 Å². The molecule has 8 nitrogen and oxygen atoms in total. The molecule has 5 N–H and O–H groups in total. The van der Waals surface area contributed by atoms with Crippen molar-refractivity contribution in [1.29, 1.82) is 0 Å². The lowest BCUT2D eigenvalue weighted by molar-refractivity contribution is -0.143.